The van der Waals surface area contributed by atoms with Gasteiger partial charge in [0.2, 0.25) is 5.91 Å². The molecule has 0 fully saturated rings. The van der Waals surface area contributed by atoms with Crippen LogP contribution in [0.5, 0.6) is 0 Å². The van der Waals surface area contributed by atoms with E-state index in [0.717, 1.165) is 5.56 Å². The van der Waals surface area contributed by atoms with Crippen LogP contribution in [-0.4, -0.2) is 59.0 Å². The second kappa shape index (κ2) is 17.2. The fourth-order valence-electron chi connectivity index (χ4n) is 3.25. The predicted molar refractivity (Wildman–Crippen MR) is 146 cm³/mol. The molecular weight excluding hydrogens is 541 g/mol. The minimum Gasteiger partial charge on any atom is -0.480 e. The molecule has 0 aliphatic heterocycles. The van der Waals surface area contributed by atoms with E-state index in [0.29, 0.717) is 18.6 Å². The summed E-state index contributed by atoms with van der Waals surface area (Å²) in [6, 6.07) is 7.52. The van der Waals surface area contributed by atoms with Gasteiger partial charge in [-0.25, -0.2) is 9.59 Å². The summed E-state index contributed by atoms with van der Waals surface area (Å²) in [6.07, 6.45) is 4.17. The number of allylic oxidation sites excluding steroid dienone is 2. The molecule has 0 aliphatic carbocycles. The van der Waals surface area contributed by atoms with Crippen molar-refractivity contribution in [2.45, 2.75) is 44.9 Å². The Morgan fingerprint density at radius 1 is 1.11 bits per heavy atom. The third-order valence-electron chi connectivity index (χ3n) is 5.49. The third kappa shape index (κ3) is 12.9. The number of hydroxylamine groups is 1. The summed E-state index contributed by atoms with van der Waals surface area (Å²) in [6.45, 7) is 3.86. The average Bonchev–Trinajstić information content (AvgIpc) is 2.86. The highest BCUT2D eigenvalue weighted by molar-refractivity contribution is 7.98. The molecule has 0 aliphatic rings. The minimum absolute atomic E-state index is 0.0505. The van der Waals surface area contributed by atoms with Crippen molar-refractivity contribution in [2.75, 3.05) is 17.8 Å². The summed E-state index contributed by atoms with van der Waals surface area (Å²) in [5, 5.41) is 12.2. The molecule has 1 amide bonds. The topological polar surface area (TPSA) is 105 Å². The monoisotopic (exact) mass is 576 g/mol. The first-order chi connectivity index (χ1) is 17.9. The molecule has 7 nitrogen and oxygen atoms in total. The molecule has 4 atom stereocenters. The number of hydrogen-bond donors (Lipinski definition) is 4. The lowest BCUT2D eigenvalue weighted by Gasteiger charge is -2.20. The van der Waals surface area contributed by atoms with Gasteiger partial charge in [-0.2, -0.15) is 37.6 Å². The fraction of sp³-hybridized carbons (Fsp3) is 0.500. The number of carboxylic acid groups (broad SMARTS) is 1. The van der Waals surface area contributed by atoms with E-state index in [4.69, 9.17) is 0 Å². The number of carbonyl (C=O) groups is 3. The van der Waals surface area contributed by atoms with Crippen LogP contribution in [-0.2, 0) is 25.6 Å². The summed E-state index contributed by atoms with van der Waals surface area (Å²) in [5.74, 6) is -4.07. The number of nitrogens with one attached hydrogen (secondary N) is 2. The van der Waals surface area contributed by atoms with Crippen LogP contribution < -0.4 is 10.8 Å². The SMILES string of the molecule is CSCC[C@H](NC(=O)[C@H](/C=C/[C@H](/C=C/[C@H](CS)NOC(=O)C(F)(F)F)C(C)C)Cc1ccccc1)C(=O)O. The molecule has 3 N–H and O–H groups in total. The summed E-state index contributed by atoms with van der Waals surface area (Å²) < 4.78 is 37.1. The van der Waals surface area contributed by atoms with Crippen LogP contribution in [0.4, 0.5) is 13.2 Å². The van der Waals surface area contributed by atoms with E-state index in [-0.39, 0.29) is 17.6 Å². The molecular formula is C26H35F3N2O5S2. The largest absolute Gasteiger partial charge is 0.492 e. The summed E-state index contributed by atoms with van der Waals surface area (Å²) in [5.41, 5.74) is 2.96. The molecule has 1 aromatic carbocycles. The highest BCUT2D eigenvalue weighted by atomic mass is 32.2. The van der Waals surface area contributed by atoms with Gasteiger partial charge < -0.3 is 15.3 Å². The normalized spacial score (nSPS) is 15.4. The van der Waals surface area contributed by atoms with E-state index in [1.165, 1.54) is 11.8 Å². The van der Waals surface area contributed by atoms with Crippen LogP contribution in [0, 0.1) is 17.8 Å². The van der Waals surface area contributed by atoms with Crippen molar-refractivity contribution in [3.63, 3.8) is 0 Å². The molecule has 0 bridgehead atoms. The first-order valence-electron chi connectivity index (χ1n) is 12.0. The highest BCUT2D eigenvalue weighted by Gasteiger charge is 2.41. The Labute approximate surface area is 231 Å². The zero-order valence-corrected chi connectivity index (χ0v) is 23.2. The van der Waals surface area contributed by atoms with Crippen molar-refractivity contribution in [1.82, 2.24) is 10.8 Å². The number of benzene rings is 1. The number of thiol groups is 1. The molecule has 12 heteroatoms. The van der Waals surface area contributed by atoms with E-state index in [1.54, 1.807) is 18.2 Å². The number of alkyl halides is 3. The number of rotatable bonds is 16. The number of carboxylic acids is 1. The van der Waals surface area contributed by atoms with Crippen molar-refractivity contribution in [3.8, 4) is 0 Å². The molecule has 0 saturated heterocycles. The molecule has 1 aromatic rings. The first-order valence-corrected chi connectivity index (χ1v) is 14.0. The molecule has 212 valence electrons. The van der Waals surface area contributed by atoms with Gasteiger partial charge in [0.25, 0.3) is 0 Å². The van der Waals surface area contributed by atoms with E-state index in [1.807, 2.05) is 56.5 Å². The summed E-state index contributed by atoms with van der Waals surface area (Å²) >= 11 is 5.57. The molecule has 38 heavy (non-hydrogen) atoms. The predicted octanol–water partition coefficient (Wildman–Crippen LogP) is 4.46. The average molecular weight is 577 g/mol. The molecule has 0 saturated carbocycles. The Balaban J connectivity index is 3.07. The molecule has 0 aromatic heterocycles. The van der Waals surface area contributed by atoms with Gasteiger partial charge in [-0.15, -0.1) is 5.48 Å². The standard InChI is InChI=1S/C26H35F3N2O5S2/c1-17(2)19(11-12-21(16-37)31-36-25(35)26(27,28)29)9-10-20(15-18-7-5-4-6-8-18)23(32)30-22(24(33)34)13-14-38-3/h4-12,17,19-22,31,37H,13-16H2,1-3H3,(H,30,32)(H,33,34)/b10-9+,12-11+/t19-,20-,21-,22+/m1/s1. The first kappa shape index (κ1) is 33.6. The summed E-state index contributed by atoms with van der Waals surface area (Å²) in [4.78, 5) is 39.8. The summed E-state index contributed by atoms with van der Waals surface area (Å²) in [7, 11) is 0. The maximum Gasteiger partial charge on any atom is 0.492 e. The Hall–Kier alpha value is -2.44. The van der Waals surface area contributed by atoms with Crippen molar-refractivity contribution in [2.24, 2.45) is 17.8 Å². The van der Waals surface area contributed by atoms with Gasteiger partial charge >= 0.3 is 18.1 Å². The Bertz CT molecular complexity index is 943. The van der Waals surface area contributed by atoms with Crippen LogP contribution in [0.15, 0.2) is 54.6 Å². The molecule has 0 radical (unpaired) electrons. The number of thioether (sulfide) groups is 1. The van der Waals surface area contributed by atoms with Gasteiger partial charge in [0.05, 0.1) is 12.0 Å². The van der Waals surface area contributed by atoms with Crippen molar-refractivity contribution >= 4 is 42.2 Å². The van der Waals surface area contributed by atoms with Gasteiger partial charge in [-0.1, -0.05) is 68.5 Å². The van der Waals surface area contributed by atoms with E-state index in [2.05, 4.69) is 28.3 Å². The zero-order chi connectivity index (χ0) is 28.7. The lowest BCUT2D eigenvalue weighted by atomic mass is 9.90. The lowest BCUT2D eigenvalue weighted by molar-refractivity contribution is -0.207. The number of carbonyl (C=O) groups excluding carboxylic acids is 2. The minimum atomic E-state index is -5.12. The van der Waals surface area contributed by atoms with E-state index >= 15 is 0 Å². The highest BCUT2D eigenvalue weighted by Crippen LogP contribution is 2.19. The zero-order valence-electron chi connectivity index (χ0n) is 21.5. The Morgan fingerprint density at radius 2 is 1.74 bits per heavy atom. The molecule has 0 unspecified atom stereocenters. The van der Waals surface area contributed by atoms with Crippen LogP contribution in [0.2, 0.25) is 0 Å². The molecule has 0 heterocycles. The molecule has 1 rings (SSSR count). The van der Waals surface area contributed by atoms with Gasteiger partial charge in [0.15, 0.2) is 0 Å². The molecule has 0 spiro atoms. The maximum absolute atomic E-state index is 13.1. The lowest BCUT2D eigenvalue weighted by Crippen LogP contribution is -2.44. The number of amides is 1. The number of aliphatic carboxylic acids is 1. The fourth-order valence-corrected chi connectivity index (χ4v) is 3.91. The maximum atomic E-state index is 13.1. The second-order valence-corrected chi connectivity index (χ2v) is 10.2. The number of hydrogen-bond acceptors (Lipinski definition) is 7. The Morgan fingerprint density at radius 3 is 2.26 bits per heavy atom. The third-order valence-corrected chi connectivity index (χ3v) is 6.53. The van der Waals surface area contributed by atoms with Crippen LogP contribution in [0.3, 0.4) is 0 Å². The van der Waals surface area contributed by atoms with Crippen molar-refractivity contribution in [3.05, 3.63) is 60.2 Å². The quantitative estimate of drug-likeness (QED) is 0.131. The Kier molecular flexibility index (Phi) is 15.2. The van der Waals surface area contributed by atoms with Gasteiger partial charge in [0, 0.05) is 5.75 Å². The second-order valence-electron chi connectivity index (χ2n) is 8.86. The van der Waals surface area contributed by atoms with E-state index in [9.17, 15) is 32.7 Å². The van der Waals surface area contributed by atoms with Crippen LogP contribution in [0.25, 0.3) is 0 Å². The van der Waals surface area contributed by atoms with Crippen LogP contribution >= 0.6 is 24.4 Å². The van der Waals surface area contributed by atoms with Gasteiger partial charge in [0.1, 0.15) is 6.04 Å². The van der Waals surface area contributed by atoms with Crippen molar-refractivity contribution < 1.29 is 37.5 Å². The van der Waals surface area contributed by atoms with Crippen molar-refractivity contribution in [1.29, 1.82) is 0 Å². The smallest absolute Gasteiger partial charge is 0.480 e. The number of halogens is 3. The van der Waals surface area contributed by atoms with Gasteiger partial charge in [-0.3, -0.25) is 4.79 Å². The van der Waals surface area contributed by atoms with Gasteiger partial charge in [-0.05, 0) is 42.2 Å². The van der Waals surface area contributed by atoms with E-state index < -0.39 is 42.0 Å². The van der Waals surface area contributed by atoms with Crippen LogP contribution in [0.1, 0.15) is 25.8 Å².